The fourth-order valence-electron chi connectivity index (χ4n) is 1.47. The Balaban J connectivity index is 2.54. The second kappa shape index (κ2) is 6.87. The van der Waals surface area contributed by atoms with E-state index in [4.69, 9.17) is 0 Å². The minimum Gasteiger partial charge on any atom is -0.355 e. The molecule has 2 N–H and O–H groups in total. The van der Waals surface area contributed by atoms with E-state index >= 15 is 0 Å². The van der Waals surface area contributed by atoms with Crippen LogP contribution in [0.2, 0.25) is 0 Å². The molecular weight excluding hydrogens is 242 g/mol. The molecule has 0 radical (unpaired) electrons. The predicted molar refractivity (Wildman–Crippen MR) is 73.2 cm³/mol. The van der Waals surface area contributed by atoms with E-state index in [-0.39, 0.29) is 11.8 Å². The number of aromatic nitrogens is 1. The van der Waals surface area contributed by atoms with Gasteiger partial charge in [-0.05, 0) is 31.9 Å². The number of nitrogens with one attached hydrogen (secondary N) is 2. The average Bonchev–Trinajstić information content (AvgIpc) is 2.42. The van der Waals surface area contributed by atoms with Crippen molar-refractivity contribution in [2.45, 2.75) is 33.7 Å². The first-order valence-electron chi connectivity index (χ1n) is 6.44. The Morgan fingerprint density at radius 1 is 1.26 bits per heavy atom. The minimum absolute atomic E-state index is 0.252. The van der Waals surface area contributed by atoms with E-state index < -0.39 is 5.41 Å². The van der Waals surface area contributed by atoms with E-state index in [1.807, 2.05) is 13.0 Å². The fourth-order valence-corrected chi connectivity index (χ4v) is 1.47. The summed E-state index contributed by atoms with van der Waals surface area (Å²) in [6.07, 6.45) is 4.21. The Morgan fingerprint density at radius 2 is 1.95 bits per heavy atom. The molecule has 0 saturated heterocycles. The second-order valence-corrected chi connectivity index (χ2v) is 4.92. The third-order valence-corrected chi connectivity index (χ3v) is 2.85. The summed E-state index contributed by atoms with van der Waals surface area (Å²) < 4.78 is 0. The van der Waals surface area contributed by atoms with Crippen LogP contribution in [0.4, 0.5) is 0 Å². The monoisotopic (exact) mass is 263 g/mol. The van der Waals surface area contributed by atoms with Gasteiger partial charge in [0.1, 0.15) is 5.41 Å². The molecule has 0 spiro atoms. The van der Waals surface area contributed by atoms with E-state index in [1.165, 1.54) is 0 Å². The number of hydrogen-bond donors (Lipinski definition) is 2. The molecule has 104 valence electrons. The molecule has 5 nitrogen and oxygen atoms in total. The van der Waals surface area contributed by atoms with Gasteiger partial charge in [-0.2, -0.15) is 0 Å². The van der Waals surface area contributed by atoms with Gasteiger partial charge in [0, 0.05) is 25.5 Å². The molecule has 0 fully saturated rings. The fraction of sp³-hybridized carbons (Fsp3) is 0.500. The molecule has 1 rings (SSSR count). The van der Waals surface area contributed by atoms with Gasteiger partial charge >= 0.3 is 0 Å². The summed E-state index contributed by atoms with van der Waals surface area (Å²) in [5.74, 6) is -0.539. The van der Waals surface area contributed by atoms with Gasteiger partial charge < -0.3 is 10.6 Å². The van der Waals surface area contributed by atoms with Crippen LogP contribution in [0.3, 0.4) is 0 Å². The Bertz CT molecular complexity index is 430. The number of carbonyl (C=O) groups is 2. The molecule has 0 atom stereocenters. The zero-order chi connectivity index (χ0) is 14.3. The van der Waals surface area contributed by atoms with Crippen LogP contribution >= 0.6 is 0 Å². The molecule has 19 heavy (non-hydrogen) atoms. The van der Waals surface area contributed by atoms with Crippen molar-refractivity contribution in [3.8, 4) is 0 Å². The lowest BCUT2D eigenvalue weighted by molar-refractivity contribution is -0.141. The van der Waals surface area contributed by atoms with Gasteiger partial charge in [-0.3, -0.25) is 14.6 Å². The predicted octanol–water partition coefficient (Wildman–Crippen LogP) is 1.25. The highest BCUT2D eigenvalue weighted by molar-refractivity contribution is 6.04. The summed E-state index contributed by atoms with van der Waals surface area (Å²) in [7, 11) is 0. The van der Waals surface area contributed by atoms with Gasteiger partial charge in [0.05, 0.1) is 0 Å². The summed E-state index contributed by atoms with van der Waals surface area (Å²) >= 11 is 0. The molecule has 0 unspecified atom stereocenters. The molecule has 0 saturated carbocycles. The van der Waals surface area contributed by atoms with Crippen LogP contribution in [0, 0.1) is 5.41 Å². The maximum absolute atomic E-state index is 12.1. The normalized spacial score (nSPS) is 10.9. The van der Waals surface area contributed by atoms with Gasteiger partial charge in [-0.15, -0.1) is 0 Å². The quantitative estimate of drug-likeness (QED) is 0.759. The first-order chi connectivity index (χ1) is 8.98. The van der Waals surface area contributed by atoms with Crippen molar-refractivity contribution in [2.24, 2.45) is 5.41 Å². The largest absolute Gasteiger partial charge is 0.355 e. The molecule has 1 aromatic heterocycles. The van der Waals surface area contributed by atoms with E-state index in [0.29, 0.717) is 13.1 Å². The number of nitrogens with zero attached hydrogens (tertiary/aromatic N) is 1. The number of hydrogen-bond acceptors (Lipinski definition) is 3. The number of amides is 2. The SMILES string of the molecule is CCCNC(=O)C(C)(C)C(=O)NCc1cccnc1. The number of pyridine rings is 1. The highest BCUT2D eigenvalue weighted by Gasteiger charge is 2.35. The van der Waals surface area contributed by atoms with Crippen molar-refractivity contribution in [1.82, 2.24) is 15.6 Å². The molecule has 2 amide bonds. The Kier molecular flexibility index (Phi) is 5.48. The van der Waals surface area contributed by atoms with Gasteiger partial charge in [0.15, 0.2) is 0 Å². The summed E-state index contributed by atoms with van der Waals surface area (Å²) in [6, 6.07) is 3.68. The van der Waals surface area contributed by atoms with Crippen LogP contribution in [0.5, 0.6) is 0 Å². The molecule has 1 heterocycles. The molecule has 0 bridgehead atoms. The van der Waals surface area contributed by atoms with E-state index in [0.717, 1.165) is 12.0 Å². The van der Waals surface area contributed by atoms with E-state index in [2.05, 4.69) is 15.6 Å². The van der Waals surface area contributed by atoms with Crippen LogP contribution < -0.4 is 10.6 Å². The molecule has 0 aromatic carbocycles. The van der Waals surface area contributed by atoms with Crippen LogP contribution in [0.1, 0.15) is 32.8 Å². The molecule has 1 aromatic rings. The van der Waals surface area contributed by atoms with Crippen molar-refractivity contribution in [1.29, 1.82) is 0 Å². The van der Waals surface area contributed by atoms with Gasteiger partial charge in [0.2, 0.25) is 11.8 Å². The van der Waals surface area contributed by atoms with Gasteiger partial charge in [0.25, 0.3) is 0 Å². The number of carbonyl (C=O) groups excluding carboxylic acids is 2. The van der Waals surface area contributed by atoms with Crippen LogP contribution in [0.25, 0.3) is 0 Å². The lowest BCUT2D eigenvalue weighted by Crippen LogP contribution is -2.47. The third-order valence-electron chi connectivity index (χ3n) is 2.85. The highest BCUT2D eigenvalue weighted by Crippen LogP contribution is 2.15. The first-order valence-corrected chi connectivity index (χ1v) is 6.44. The van der Waals surface area contributed by atoms with Gasteiger partial charge in [-0.1, -0.05) is 13.0 Å². The lowest BCUT2D eigenvalue weighted by Gasteiger charge is -2.22. The smallest absolute Gasteiger partial charge is 0.235 e. The zero-order valence-electron chi connectivity index (χ0n) is 11.7. The molecule has 5 heteroatoms. The Labute approximate surface area is 113 Å². The summed E-state index contributed by atoms with van der Waals surface area (Å²) in [5.41, 5.74) is -0.169. The maximum Gasteiger partial charge on any atom is 0.235 e. The lowest BCUT2D eigenvalue weighted by atomic mass is 9.91. The van der Waals surface area contributed by atoms with Crippen molar-refractivity contribution in [3.05, 3.63) is 30.1 Å². The molecular formula is C14H21N3O2. The van der Waals surface area contributed by atoms with Crippen LogP contribution in [-0.4, -0.2) is 23.3 Å². The molecule has 0 aliphatic rings. The summed E-state index contributed by atoms with van der Waals surface area (Å²) in [6.45, 7) is 6.16. The zero-order valence-corrected chi connectivity index (χ0v) is 11.7. The van der Waals surface area contributed by atoms with Crippen molar-refractivity contribution >= 4 is 11.8 Å². The van der Waals surface area contributed by atoms with Crippen molar-refractivity contribution in [3.63, 3.8) is 0 Å². The second-order valence-electron chi connectivity index (χ2n) is 4.92. The summed E-state index contributed by atoms with van der Waals surface area (Å²) in [5, 5.41) is 5.50. The standard InChI is InChI=1S/C14H21N3O2/c1-4-7-16-12(18)14(2,3)13(19)17-10-11-6-5-8-15-9-11/h5-6,8-9H,4,7,10H2,1-3H3,(H,16,18)(H,17,19). The van der Waals surface area contributed by atoms with Crippen LogP contribution in [-0.2, 0) is 16.1 Å². The van der Waals surface area contributed by atoms with E-state index in [9.17, 15) is 9.59 Å². The Morgan fingerprint density at radius 3 is 2.53 bits per heavy atom. The highest BCUT2D eigenvalue weighted by atomic mass is 16.2. The minimum atomic E-state index is -1.07. The van der Waals surface area contributed by atoms with Gasteiger partial charge in [-0.25, -0.2) is 0 Å². The first kappa shape index (κ1) is 15.1. The van der Waals surface area contributed by atoms with Crippen molar-refractivity contribution in [2.75, 3.05) is 6.54 Å². The summed E-state index contributed by atoms with van der Waals surface area (Å²) in [4.78, 5) is 27.9. The average molecular weight is 263 g/mol. The number of rotatable bonds is 6. The molecule has 0 aliphatic carbocycles. The Hall–Kier alpha value is -1.91. The topological polar surface area (TPSA) is 71.1 Å². The molecule has 0 aliphatic heterocycles. The third kappa shape index (κ3) is 4.35. The van der Waals surface area contributed by atoms with Crippen molar-refractivity contribution < 1.29 is 9.59 Å². The maximum atomic E-state index is 12.1. The van der Waals surface area contributed by atoms with Crippen LogP contribution in [0.15, 0.2) is 24.5 Å². The van der Waals surface area contributed by atoms with E-state index in [1.54, 1.807) is 32.3 Å².